The molecule has 100 valence electrons. The third-order valence-corrected chi connectivity index (χ3v) is 3.17. The molecule has 0 saturated carbocycles. The lowest BCUT2D eigenvalue weighted by molar-refractivity contribution is -0.137. The number of nitrogens with zero attached hydrogens (tertiary/aromatic N) is 1. The standard InChI is InChI=1S/C12H7BrClF3N2/c13-8-5-4-7(12(15,16)17)6-9(8)18-11-3-1-2-10(14)19-11/h1-6H,(H,18,19). The van der Waals surface area contributed by atoms with E-state index in [0.29, 0.717) is 10.3 Å². The molecule has 2 rings (SSSR count). The molecule has 0 aliphatic heterocycles. The van der Waals surface area contributed by atoms with E-state index in [2.05, 4.69) is 26.2 Å². The number of pyridine rings is 1. The minimum absolute atomic E-state index is 0.257. The molecule has 0 radical (unpaired) electrons. The molecule has 1 aromatic carbocycles. The van der Waals surface area contributed by atoms with Gasteiger partial charge in [0.05, 0.1) is 11.3 Å². The second-order valence-corrected chi connectivity index (χ2v) is 4.90. The van der Waals surface area contributed by atoms with E-state index in [1.807, 2.05) is 0 Å². The van der Waals surface area contributed by atoms with Crippen molar-refractivity contribution in [3.05, 3.63) is 51.6 Å². The van der Waals surface area contributed by atoms with E-state index in [0.717, 1.165) is 12.1 Å². The van der Waals surface area contributed by atoms with Crippen LogP contribution >= 0.6 is 27.5 Å². The molecule has 1 aromatic heterocycles. The molecule has 0 fully saturated rings. The van der Waals surface area contributed by atoms with Crippen molar-refractivity contribution in [2.75, 3.05) is 5.32 Å². The molecule has 0 aliphatic rings. The van der Waals surface area contributed by atoms with E-state index in [1.54, 1.807) is 18.2 Å². The number of alkyl halides is 3. The highest BCUT2D eigenvalue weighted by molar-refractivity contribution is 9.10. The van der Waals surface area contributed by atoms with Crippen LogP contribution in [-0.2, 0) is 6.18 Å². The minimum Gasteiger partial charge on any atom is -0.339 e. The van der Waals surface area contributed by atoms with E-state index in [4.69, 9.17) is 11.6 Å². The van der Waals surface area contributed by atoms with Gasteiger partial charge in [-0.1, -0.05) is 17.7 Å². The summed E-state index contributed by atoms with van der Waals surface area (Å²) >= 11 is 8.89. The van der Waals surface area contributed by atoms with Crippen LogP contribution in [0.5, 0.6) is 0 Å². The Labute approximate surface area is 120 Å². The molecule has 19 heavy (non-hydrogen) atoms. The van der Waals surface area contributed by atoms with Gasteiger partial charge in [-0.2, -0.15) is 13.2 Å². The first kappa shape index (κ1) is 14.1. The zero-order valence-corrected chi connectivity index (χ0v) is 11.6. The quantitative estimate of drug-likeness (QED) is 0.747. The molecule has 0 atom stereocenters. The summed E-state index contributed by atoms with van der Waals surface area (Å²) in [6.07, 6.45) is -4.39. The highest BCUT2D eigenvalue weighted by Gasteiger charge is 2.30. The first-order valence-electron chi connectivity index (χ1n) is 5.12. The van der Waals surface area contributed by atoms with Crippen molar-refractivity contribution >= 4 is 39.0 Å². The van der Waals surface area contributed by atoms with Gasteiger partial charge in [-0.05, 0) is 46.3 Å². The fourth-order valence-corrected chi connectivity index (χ4v) is 1.92. The minimum atomic E-state index is -4.39. The second-order valence-electron chi connectivity index (χ2n) is 3.66. The molecule has 0 spiro atoms. The summed E-state index contributed by atoms with van der Waals surface area (Å²) in [5.74, 6) is 0.368. The molecular formula is C12H7BrClF3N2. The Morgan fingerprint density at radius 2 is 1.89 bits per heavy atom. The van der Waals surface area contributed by atoms with Gasteiger partial charge >= 0.3 is 6.18 Å². The lowest BCUT2D eigenvalue weighted by atomic mass is 10.2. The molecule has 7 heteroatoms. The van der Waals surface area contributed by atoms with Gasteiger partial charge < -0.3 is 5.32 Å². The van der Waals surface area contributed by atoms with Crippen LogP contribution in [0, 0.1) is 0 Å². The maximum Gasteiger partial charge on any atom is 0.416 e. The van der Waals surface area contributed by atoms with Gasteiger partial charge in [-0.15, -0.1) is 0 Å². The second kappa shape index (κ2) is 5.38. The summed E-state index contributed by atoms with van der Waals surface area (Å²) in [5.41, 5.74) is -0.468. The van der Waals surface area contributed by atoms with E-state index in [-0.39, 0.29) is 10.8 Å². The highest BCUT2D eigenvalue weighted by atomic mass is 79.9. The van der Waals surface area contributed by atoms with Crippen LogP contribution in [0.15, 0.2) is 40.9 Å². The fourth-order valence-electron chi connectivity index (χ4n) is 1.41. The number of nitrogens with one attached hydrogen (secondary N) is 1. The summed E-state index contributed by atoms with van der Waals surface area (Å²) in [6.45, 7) is 0. The smallest absolute Gasteiger partial charge is 0.339 e. The topological polar surface area (TPSA) is 24.9 Å². The Bertz CT molecular complexity index is 602. The number of hydrogen-bond donors (Lipinski definition) is 1. The zero-order valence-electron chi connectivity index (χ0n) is 9.30. The molecule has 2 aromatic rings. The van der Waals surface area contributed by atoms with E-state index in [9.17, 15) is 13.2 Å². The van der Waals surface area contributed by atoms with Crippen molar-refractivity contribution in [3.8, 4) is 0 Å². The maximum absolute atomic E-state index is 12.6. The van der Waals surface area contributed by atoms with Crippen molar-refractivity contribution in [2.24, 2.45) is 0 Å². The average molecular weight is 352 g/mol. The summed E-state index contributed by atoms with van der Waals surface area (Å²) in [6, 6.07) is 8.18. The third-order valence-electron chi connectivity index (χ3n) is 2.27. The van der Waals surface area contributed by atoms with Crippen LogP contribution < -0.4 is 5.32 Å². The molecular weight excluding hydrogens is 344 g/mol. The van der Waals surface area contributed by atoms with Gasteiger partial charge in [-0.3, -0.25) is 0 Å². The molecule has 0 bridgehead atoms. The first-order valence-corrected chi connectivity index (χ1v) is 6.30. The number of benzene rings is 1. The molecule has 0 saturated heterocycles. The van der Waals surface area contributed by atoms with E-state index < -0.39 is 11.7 Å². The van der Waals surface area contributed by atoms with Gasteiger partial charge in [-0.25, -0.2) is 4.98 Å². The van der Waals surface area contributed by atoms with Crippen LogP contribution in [0.25, 0.3) is 0 Å². The molecule has 0 aliphatic carbocycles. The average Bonchev–Trinajstić information content (AvgIpc) is 2.30. The van der Waals surface area contributed by atoms with Crippen LogP contribution in [0.4, 0.5) is 24.7 Å². The highest BCUT2D eigenvalue weighted by Crippen LogP contribution is 2.34. The zero-order chi connectivity index (χ0) is 14.0. The van der Waals surface area contributed by atoms with Crippen molar-refractivity contribution in [2.45, 2.75) is 6.18 Å². The van der Waals surface area contributed by atoms with Crippen molar-refractivity contribution in [1.82, 2.24) is 4.98 Å². The fraction of sp³-hybridized carbons (Fsp3) is 0.0833. The van der Waals surface area contributed by atoms with Crippen LogP contribution in [0.3, 0.4) is 0 Å². The third kappa shape index (κ3) is 3.61. The Hall–Kier alpha value is -1.27. The monoisotopic (exact) mass is 350 g/mol. The van der Waals surface area contributed by atoms with Gasteiger partial charge in [0.1, 0.15) is 11.0 Å². The molecule has 0 unspecified atom stereocenters. The summed E-state index contributed by atoms with van der Waals surface area (Å²) in [7, 11) is 0. The van der Waals surface area contributed by atoms with Crippen LogP contribution in [0.2, 0.25) is 5.15 Å². The molecule has 1 heterocycles. The largest absolute Gasteiger partial charge is 0.416 e. The predicted molar refractivity (Wildman–Crippen MR) is 71.7 cm³/mol. The van der Waals surface area contributed by atoms with E-state index >= 15 is 0 Å². The lowest BCUT2D eigenvalue weighted by Gasteiger charge is -2.12. The Morgan fingerprint density at radius 1 is 1.16 bits per heavy atom. The number of hydrogen-bond acceptors (Lipinski definition) is 2. The van der Waals surface area contributed by atoms with Crippen molar-refractivity contribution in [3.63, 3.8) is 0 Å². The van der Waals surface area contributed by atoms with E-state index in [1.165, 1.54) is 6.07 Å². The Balaban J connectivity index is 2.34. The Morgan fingerprint density at radius 3 is 2.53 bits per heavy atom. The van der Waals surface area contributed by atoms with Crippen molar-refractivity contribution in [1.29, 1.82) is 0 Å². The number of aromatic nitrogens is 1. The predicted octanol–water partition coefficient (Wildman–Crippen LogP) is 5.26. The van der Waals surface area contributed by atoms with Crippen LogP contribution in [0.1, 0.15) is 5.56 Å². The number of anilines is 2. The van der Waals surface area contributed by atoms with Gasteiger partial charge in [0.25, 0.3) is 0 Å². The lowest BCUT2D eigenvalue weighted by Crippen LogP contribution is -2.05. The normalized spacial score (nSPS) is 11.4. The summed E-state index contributed by atoms with van der Waals surface area (Å²) in [4.78, 5) is 3.95. The summed E-state index contributed by atoms with van der Waals surface area (Å²) < 4.78 is 38.4. The van der Waals surface area contributed by atoms with Crippen LogP contribution in [-0.4, -0.2) is 4.98 Å². The van der Waals surface area contributed by atoms with Crippen molar-refractivity contribution < 1.29 is 13.2 Å². The Kier molecular flexibility index (Phi) is 4.01. The number of halogens is 5. The number of rotatable bonds is 2. The molecule has 0 amide bonds. The van der Waals surface area contributed by atoms with Gasteiger partial charge in [0.15, 0.2) is 0 Å². The molecule has 2 nitrogen and oxygen atoms in total. The molecule has 1 N–H and O–H groups in total. The van der Waals surface area contributed by atoms with Gasteiger partial charge in [0.2, 0.25) is 0 Å². The maximum atomic E-state index is 12.6. The first-order chi connectivity index (χ1) is 8.86. The van der Waals surface area contributed by atoms with Gasteiger partial charge in [0, 0.05) is 4.47 Å². The summed E-state index contributed by atoms with van der Waals surface area (Å²) in [5, 5.41) is 3.04. The SMILES string of the molecule is FC(F)(F)c1ccc(Br)c(Nc2cccc(Cl)n2)c1.